The van der Waals surface area contributed by atoms with Gasteiger partial charge in [-0.05, 0) is 67.8 Å². The Balaban J connectivity index is 1.65. The van der Waals surface area contributed by atoms with Gasteiger partial charge in [0.2, 0.25) is 0 Å². The van der Waals surface area contributed by atoms with E-state index in [0.717, 1.165) is 34.3 Å². The molecule has 0 N–H and O–H groups in total. The van der Waals surface area contributed by atoms with Gasteiger partial charge in [0.15, 0.2) is 0 Å². The van der Waals surface area contributed by atoms with Gasteiger partial charge < -0.3 is 4.90 Å². The molecule has 4 rings (SSSR count). The third-order valence-electron chi connectivity index (χ3n) is 6.20. The average molecular weight is 443 g/mol. The van der Waals surface area contributed by atoms with Crippen LogP contribution in [0.3, 0.4) is 0 Å². The standard InChI is InChI=1S/C24H24F2N2O2S/c1-14-12-24(2,3)27(4)20-11-19(26)16(9-17(14)20)10-21-22(29)28(23(30)31-21)13-15-7-5-6-8-18(15)25/h5-11,14H,12-13H2,1-4H3/b21-10+. The van der Waals surface area contributed by atoms with Crippen LogP contribution in [0.2, 0.25) is 0 Å². The van der Waals surface area contributed by atoms with Crippen molar-refractivity contribution in [2.45, 2.75) is 45.2 Å². The highest BCUT2D eigenvalue weighted by molar-refractivity contribution is 8.18. The highest BCUT2D eigenvalue weighted by Crippen LogP contribution is 2.44. The molecular weight excluding hydrogens is 418 g/mol. The van der Waals surface area contributed by atoms with Gasteiger partial charge in [-0.15, -0.1) is 0 Å². The summed E-state index contributed by atoms with van der Waals surface area (Å²) in [4.78, 5) is 28.4. The van der Waals surface area contributed by atoms with Crippen LogP contribution in [0, 0.1) is 11.6 Å². The smallest absolute Gasteiger partial charge is 0.293 e. The van der Waals surface area contributed by atoms with E-state index >= 15 is 0 Å². The number of fused-ring (bicyclic) bond motifs is 1. The monoisotopic (exact) mass is 442 g/mol. The Kier molecular flexibility index (Phi) is 5.41. The number of thioether (sulfide) groups is 1. The molecule has 0 saturated carbocycles. The van der Waals surface area contributed by atoms with E-state index in [1.807, 2.05) is 7.05 Å². The maximum atomic E-state index is 15.0. The predicted octanol–water partition coefficient (Wildman–Crippen LogP) is 5.92. The van der Waals surface area contributed by atoms with Crippen molar-refractivity contribution in [3.05, 3.63) is 69.6 Å². The Morgan fingerprint density at radius 3 is 2.58 bits per heavy atom. The number of rotatable bonds is 3. The van der Waals surface area contributed by atoms with E-state index in [-0.39, 0.29) is 34.0 Å². The first kappa shape index (κ1) is 21.6. The lowest BCUT2D eigenvalue weighted by atomic mass is 9.80. The topological polar surface area (TPSA) is 40.6 Å². The van der Waals surface area contributed by atoms with Gasteiger partial charge >= 0.3 is 0 Å². The molecule has 2 heterocycles. The van der Waals surface area contributed by atoms with Crippen LogP contribution in [0.5, 0.6) is 0 Å². The van der Waals surface area contributed by atoms with Crippen LogP contribution in [-0.4, -0.2) is 28.6 Å². The lowest BCUT2D eigenvalue weighted by Crippen LogP contribution is -2.45. The van der Waals surface area contributed by atoms with Gasteiger partial charge in [-0.1, -0.05) is 25.1 Å². The van der Waals surface area contributed by atoms with E-state index in [9.17, 15) is 18.4 Å². The molecule has 0 bridgehead atoms. The largest absolute Gasteiger partial charge is 0.369 e. The van der Waals surface area contributed by atoms with Crippen LogP contribution in [0.4, 0.5) is 19.3 Å². The third kappa shape index (κ3) is 3.87. The number of hydrogen-bond donors (Lipinski definition) is 0. The van der Waals surface area contributed by atoms with Gasteiger partial charge in [0, 0.05) is 29.4 Å². The Labute approximate surface area is 184 Å². The van der Waals surface area contributed by atoms with E-state index in [1.54, 1.807) is 18.2 Å². The van der Waals surface area contributed by atoms with Crippen molar-refractivity contribution in [3.63, 3.8) is 0 Å². The van der Waals surface area contributed by atoms with Crippen molar-refractivity contribution in [3.8, 4) is 0 Å². The first-order valence-electron chi connectivity index (χ1n) is 10.1. The molecule has 1 atom stereocenters. The molecule has 0 aliphatic carbocycles. The molecule has 1 fully saturated rings. The summed E-state index contributed by atoms with van der Waals surface area (Å²) < 4.78 is 28.9. The minimum Gasteiger partial charge on any atom is -0.369 e. The van der Waals surface area contributed by atoms with Crippen molar-refractivity contribution >= 4 is 34.7 Å². The van der Waals surface area contributed by atoms with Gasteiger partial charge in [0.1, 0.15) is 11.6 Å². The van der Waals surface area contributed by atoms with Crippen molar-refractivity contribution in [1.29, 1.82) is 0 Å². The molecule has 0 aromatic heterocycles. The summed E-state index contributed by atoms with van der Waals surface area (Å²) in [5, 5.41) is -0.493. The van der Waals surface area contributed by atoms with Gasteiger partial charge in [-0.2, -0.15) is 0 Å². The average Bonchev–Trinajstić information content (AvgIpc) is 2.96. The zero-order valence-corrected chi connectivity index (χ0v) is 18.7. The molecular formula is C24H24F2N2O2S. The molecule has 2 aromatic carbocycles. The number of benzene rings is 2. The molecule has 0 radical (unpaired) electrons. The third-order valence-corrected chi connectivity index (χ3v) is 7.11. The molecule has 1 saturated heterocycles. The summed E-state index contributed by atoms with van der Waals surface area (Å²) in [6.45, 7) is 6.21. The second-order valence-electron chi connectivity index (χ2n) is 8.77. The highest BCUT2D eigenvalue weighted by atomic mass is 32.2. The lowest BCUT2D eigenvalue weighted by molar-refractivity contribution is -0.123. The number of anilines is 1. The van der Waals surface area contributed by atoms with Crippen LogP contribution in [0.25, 0.3) is 6.08 Å². The van der Waals surface area contributed by atoms with Crippen LogP contribution in [0.1, 0.15) is 49.8 Å². The van der Waals surface area contributed by atoms with Gasteiger partial charge in [-0.25, -0.2) is 8.78 Å². The summed E-state index contributed by atoms with van der Waals surface area (Å²) in [6.07, 6.45) is 2.34. The molecule has 2 amide bonds. The Morgan fingerprint density at radius 1 is 1.16 bits per heavy atom. The van der Waals surface area contributed by atoms with Gasteiger partial charge in [0.25, 0.3) is 11.1 Å². The van der Waals surface area contributed by atoms with Crippen molar-refractivity contribution < 1.29 is 18.4 Å². The summed E-state index contributed by atoms with van der Waals surface area (Å²) in [6, 6.07) is 9.28. The van der Waals surface area contributed by atoms with Gasteiger partial charge in [-0.3, -0.25) is 14.5 Å². The SMILES string of the molecule is CC1CC(C)(C)N(C)c2cc(F)c(/C=C3/SC(=O)N(Cc4ccccc4F)C3=O)cc21. The molecule has 7 heteroatoms. The Bertz CT molecular complexity index is 1110. The molecule has 31 heavy (non-hydrogen) atoms. The van der Waals surface area contributed by atoms with Crippen LogP contribution >= 0.6 is 11.8 Å². The number of halogens is 2. The highest BCUT2D eigenvalue weighted by Gasteiger charge is 2.37. The summed E-state index contributed by atoms with van der Waals surface area (Å²) in [7, 11) is 1.96. The fourth-order valence-corrected chi connectivity index (χ4v) is 5.12. The molecule has 2 aliphatic heterocycles. The Morgan fingerprint density at radius 2 is 1.87 bits per heavy atom. The minimum atomic E-state index is -0.540. The van der Waals surface area contributed by atoms with Crippen LogP contribution in [0.15, 0.2) is 41.3 Å². The first-order valence-corrected chi connectivity index (χ1v) is 11.0. The number of carbonyl (C=O) groups excluding carboxylic acids is 2. The van der Waals surface area contributed by atoms with Crippen molar-refractivity contribution in [2.24, 2.45) is 0 Å². The summed E-state index contributed by atoms with van der Waals surface area (Å²) in [5.74, 6) is -1.24. The quantitative estimate of drug-likeness (QED) is 0.553. The molecule has 0 spiro atoms. The Hall–Kier alpha value is -2.67. The first-order chi connectivity index (χ1) is 14.6. The van der Waals surface area contributed by atoms with Crippen LogP contribution in [-0.2, 0) is 11.3 Å². The van der Waals surface area contributed by atoms with Crippen molar-refractivity contribution in [2.75, 3.05) is 11.9 Å². The molecule has 4 nitrogen and oxygen atoms in total. The maximum Gasteiger partial charge on any atom is 0.293 e. The molecule has 162 valence electrons. The van der Waals surface area contributed by atoms with E-state index < -0.39 is 22.8 Å². The fourth-order valence-electron chi connectivity index (χ4n) is 4.29. The maximum absolute atomic E-state index is 15.0. The second-order valence-corrected chi connectivity index (χ2v) is 9.76. The minimum absolute atomic E-state index is 0.0876. The summed E-state index contributed by atoms with van der Waals surface area (Å²) >= 11 is 0.748. The van der Waals surface area contributed by atoms with E-state index in [2.05, 4.69) is 25.7 Å². The molecule has 2 aliphatic rings. The fraction of sp³-hybridized carbons (Fsp3) is 0.333. The number of amides is 2. The zero-order valence-electron chi connectivity index (χ0n) is 17.9. The summed E-state index contributed by atoms with van der Waals surface area (Å²) in [5.41, 5.74) is 2.29. The van der Waals surface area contributed by atoms with E-state index in [4.69, 9.17) is 0 Å². The number of nitrogens with zero attached hydrogens (tertiary/aromatic N) is 2. The zero-order chi connectivity index (χ0) is 22.5. The molecule has 1 unspecified atom stereocenters. The number of imide groups is 1. The van der Waals surface area contributed by atoms with E-state index in [1.165, 1.54) is 24.3 Å². The molecule has 2 aromatic rings. The number of carbonyl (C=O) groups is 2. The predicted molar refractivity (Wildman–Crippen MR) is 120 cm³/mol. The second kappa shape index (κ2) is 7.79. The van der Waals surface area contributed by atoms with E-state index in [0.29, 0.717) is 0 Å². The van der Waals surface area contributed by atoms with Gasteiger partial charge in [0.05, 0.1) is 11.4 Å². The number of hydrogen-bond acceptors (Lipinski definition) is 4. The lowest BCUT2D eigenvalue weighted by Gasteiger charge is -2.45. The normalized spacial score (nSPS) is 21.7. The van der Waals surface area contributed by atoms with Crippen molar-refractivity contribution in [1.82, 2.24) is 4.90 Å². The van der Waals surface area contributed by atoms with Crippen LogP contribution < -0.4 is 4.90 Å².